The minimum absolute atomic E-state index is 0.0209. The van der Waals surface area contributed by atoms with Crippen LogP contribution in [-0.2, 0) is 14.3 Å². The van der Waals surface area contributed by atoms with Gasteiger partial charge in [-0.3, -0.25) is 14.5 Å². The molecule has 1 saturated heterocycles. The number of halogens is 2. The van der Waals surface area contributed by atoms with E-state index in [1.165, 1.54) is 11.8 Å². The van der Waals surface area contributed by atoms with Crippen molar-refractivity contribution in [1.82, 2.24) is 10.2 Å². The van der Waals surface area contributed by atoms with Crippen LogP contribution in [0.5, 0.6) is 0 Å². The quantitative estimate of drug-likeness (QED) is 0.757. The summed E-state index contributed by atoms with van der Waals surface area (Å²) in [5, 5.41) is 11.4. The molecule has 2 N–H and O–H groups in total. The SMILES string of the molecule is CC(=O)NC[C@H]1CN(c2cc(F)c(C3=CCN(C(=O)CO)CC3)c(F)c2)C(=O)O1. The van der Waals surface area contributed by atoms with Gasteiger partial charge in [-0.25, -0.2) is 13.6 Å². The van der Waals surface area contributed by atoms with Gasteiger partial charge < -0.3 is 20.1 Å². The second-order valence-corrected chi connectivity index (χ2v) is 6.82. The van der Waals surface area contributed by atoms with Gasteiger partial charge in [0.2, 0.25) is 11.8 Å². The van der Waals surface area contributed by atoms with Crippen molar-refractivity contribution < 1.29 is 33.0 Å². The Labute approximate surface area is 165 Å². The molecule has 0 unspecified atom stereocenters. The van der Waals surface area contributed by atoms with Gasteiger partial charge in [-0.1, -0.05) is 6.08 Å². The number of rotatable bonds is 5. The molecular formula is C19H21F2N3O5. The zero-order valence-corrected chi connectivity index (χ0v) is 15.8. The van der Waals surface area contributed by atoms with Crippen LogP contribution in [0, 0.1) is 11.6 Å². The standard InChI is InChI=1S/C19H21F2N3O5/c1-11(26)22-8-14-9-24(19(28)29-14)13-6-15(20)18(16(21)7-13)12-2-4-23(5-3-12)17(27)10-25/h2,6-7,14,25H,3-5,8-10H2,1H3,(H,22,26)/t14-/m0/s1. The van der Waals surface area contributed by atoms with Crippen molar-refractivity contribution in [3.8, 4) is 0 Å². The number of hydrogen-bond donors (Lipinski definition) is 2. The lowest BCUT2D eigenvalue weighted by atomic mass is 9.97. The first-order valence-electron chi connectivity index (χ1n) is 9.09. The van der Waals surface area contributed by atoms with E-state index >= 15 is 0 Å². The molecule has 29 heavy (non-hydrogen) atoms. The Morgan fingerprint density at radius 2 is 2.00 bits per heavy atom. The molecule has 1 aromatic rings. The fourth-order valence-electron chi connectivity index (χ4n) is 3.34. The summed E-state index contributed by atoms with van der Waals surface area (Å²) in [5.74, 6) is -2.38. The molecule has 0 aliphatic carbocycles. The van der Waals surface area contributed by atoms with Gasteiger partial charge in [0.05, 0.1) is 18.8 Å². The number of cyclic esters (lactones) is 1. The summed E-state index contributed by atoms with van der Waals surface area (Å²) in [5.41, 5.74) is 0.237. The van der Waals surface area contributed by atoms with Crippen molar-refractivity contribution in [3.63, 3.8) is 0 Å². The van der Waals surface area contributed by atoms with E-state index in [-0.39, 0.29) is 49.8 Å². The Bertz CT molecular complexity index is 850. The first-order valence-corrected chi connectivity index (χ1v) is 9.09. The minimum atomic E-state index is -0.828. The number of carbonyl (C=O) groups excluding carboxylic acids is 3. The number of carbonyl (C=O) groups is 3. The van der Waals surface area contributed by atoms with Crippen molar-refractivity contribution in [3.05, 3.63) is 35.4 Å². The summed E-state index contributed by atoms with van der Waals surface area (Å²) in [4.78, 5) is 37.0. The Balaban J connectivity index is 1.76. The number of aliphatic hydroxyl groups excluding tert-OH is 1. The Hall–Kier alpha value is -3.01. The molecule has 2 aliphatic heterocycles. The summed E-state index contributed by atoms with van der Waals surface area (Å²) in [7, 11) is 0. The molecule has 3 rings (SSSR count). The highest BCUT2D eigenvalue weighted by molar-refractivity contribution is 5.90. The van der Waals surface area contributed by atoms with Gasteiger partial charge in [-0.15, -0.1) is 0 Å². The van der Waals surface area contributed by atoms with E-state index in [0.717, 1.165) is 17.0 Å². The third-order valence-electron chi connectivity index (χ3n) is 4.81. The fourth-order valence-corrected chi connectivity index (χ4v) is 3.34. The monoisotopic (exact) mass is 409 g/mol. The molecule has 8 nitrogen and oxygen atoms in total. The highest BCUT2D eigenvalue weighted by atomic mass is 19.1. The number of amides is 3. The summed E-state index contributed by atoms with van der Waals surface area (Å²) in [6, 6.07) is 2.12. The summed E-state index contributed by atoms with van der Waals surface area (Å²) in [6.45, 7) is 1.27. The highest BCUT2D eigenvalue weighted by Gasteiger charge is 2.33. The number of nitrogens with one attached hydrogen (secondary N) is 1. The molecule has 1 aromatic carbocycles. The fraction of sp³-hybridized carbons (Fsp3) is 0.421. The first kappa shape index (κ1) is 20.7. The summed E-state index contributed by atoms with van der Waals surface area (Å²) < 4.78 is 34.5. The topological polar surface area (TPSA) is 99.2 Å². The number of nitrogens with zero attached hydrogens (tertiary/aromatic N) is 2. The van der Waals surface area contributed by atoms with Crippen LogP contribution in [-0.4, -0.2) is 66.8 Å². The van der Waals surface area contributed by atoms with E-state index in [4.69, 9.17) is 9.84 Å². The molecule has 0 radical (unpaired) electrons. The van der Waals surface area contributed by atoms with E-state index < -0.39 is 36.3 Å². The second kappa shape index (κ2) is 8.56. The Morgan fingerprint density at radius 3 is 2.55 bits per heavy atom. The highest BCUT2D eigenvalue weighted by Crippen LogP contribution is 2.32. The van der Waals surface area contributed by atoms with Gasteiger partial charge in [0.15, 0.2) is 0 Å². The normalized spacial score (nSPS) is 19.1. The van der Waals surface area contributed by atoms with Crippen molar-refractivity contribution >= 4 is 29.2 Å². The number of aliphatic hydroxyl groups is 1. The zero-order valence-electron chi connectivity index (χ0n) is 15.8. The predicted molar refractivity (Wildman–Crippen MR) is 98.9 cm³/mol. The number of benzene rings is 1. The van der Waals surface area contributed by atoms with Crippen LogP contribution in [0.15, 0.2) is 18.2 Å². The van der Waals surface area contributed by atoms with E-state index in [1.54, 1.807) is 6.08 Å². The van der Waals surface area contributed by atoms with Crippen molar-refractivity contribution in [2.75, 3.05) is 37.7 Å². The third kappa shape index (κ3) is 4.53. The van der Waals surface area contributed by atoms with Crippen LogP contribution in [0.1, 0.15) is 18.9 Å². The maximum atomic E-state index is 14.7. The minimum Gasteiger partial charge on any atom is -0.442 e. The van der Waals surface area contributed by atoms with Crippen LogP contribution in [0.4, 0.5) is 19.3 Å². The van der Waals surface area contributed by atoms with Crippen LogP contribution < -0.4 is 10.2 Å². The van der Waals surface area contributed by atoms with Crippen molar-refractivity contribution in [2.45, 2.75) is 19.4 Å². The molecule has 1 fully saturated rings. The Morgan fingerprint density at radius 1 is 1.31 bits per heavy atom. The molecule has 0 saturated carbocycles. The van der Waals surface area contributed by atoms with Gasteiger partial charge in [0.25, 0.3) is 0 Å². The van der Waals surface area contributed by atoms with Gasteiger partial charge in [-0.2, -0.15) is 0 Å². The van der Waals surface area contributed by atoms with E-state index in [0.29, 0.717) is 5.57 Å². The summed E-state index contributed by atoms with van der Waals surface area (Å²) >= 11 is 0. The molecule has 156 valence electrons. The lowest BCUT2D eigenvalue weighted by Gasteiger charge is -2.26. The average molecular weight is 409 g/mol. The number of ether oxygens (including phenoxy) is 1. The van der Waals surface area contributed by atoms with Gasteiger partial charge in [-0.05, 0) is 24.1 Å². The lowest BCUT2D eigenvalue weighted by molar-refractivity contribution is -0.133. The molecule has 1 atom stereocenters. The molecule has 0 bridgehead atoms. The lowest BCUT2D eigenvalue weighted by Crippen LogP contribution is -2.36. The van der Waals surface area contributed by atoms with Crippen LogP contribution in [0.25, 0.3) is 5.57 Å². The summed E-state index contributed by atoms with van der Waals surface area (Å²) in [6.07, 6.45) is 0.421. The molecule has 10 heteroatoms. The Kier molecular flexibility index (Phi) is 6.12. The molecule has 2 heterocycles. The third-order valence-corrected chi connectivity index (χ3v) is 4.81. The van der Waals surface area contributed by atoms with Gasteiger partial charge in [0.1, 0.15) is 24.3 Å². The predicted octanol–water partition coefficient (Wildman–Crippen LogP) is 1.03. The first-order chi connectivity index (χ1) is 13.8. The number of hydrogen-bond acceptors (Lipinski definition) is 5. The van der Waals surface area contributed by atoms with Crippen molar-refractivity contribution in [2.24, 2.45) is 0 Å². The molecule has 0 aromatic heterocycles. The zero-order chi connectivity index (χ0) is 21.1. The largest absolute Gasteiger partial charge is 0.442 e. The van der Waals surface area contributed by atoms with E-state index in [1.807, 2.05) is 0 Å². The maximum absolute atomic E-state index is 14.7. The average Bonchev–Trinajstić information content (AvgIpc) is 3.06. The molecule has 0 spiro atoms. The van der Waals surface area contributed by atoms with Crippen LogP contribution in [0.2, 0.25) is 0 Å². The van der Waals surface area contributed by atoms with Crippen LogP contribution in [0.3, 0.4) is 0 Å². The van der Waals surface area contributed by atoms with Gasteiger partial charge in [0, 0.05) is 25.6 Å². The number of anilines is 1. The second-order valence-electron chi connectivity index (χ2n) is 6.82. The van der Waals surface area contributed by atoms with Gasteiger partial charge >= 0.3 is 6.09 Å². The molecular weight excluding hydrogens is 388 g/mol. The smallest absolute Gasteiger partial charge is 0.414 e. The van der Waals surface area contributed by atoms with Crippen molar-refractivity contribution in [1.29, 1.82) is 0 Å². The van der Waals surface area contributed by atoms with Crippen LogP contribution >= 0.6 is 0 Å². The molecule has 2 aliphatic rings. The van der Waals surface area contributed by atoms with E-state index in [9.17, 15) is 23.2 Å². The molecule has 3 amide bonds. The maximum Gasteiger partial charge on any atom is 0.414 e. The van der Waals surface area contributed by atoms with E-state index in [2.05, 4.69) is 5.32 Å².